The molecule has 0 N–H and O–H groups in total. The standard InChI is InChI=1S/C8H12O3/c1-5-3-7(4-6(2)9)11-8(5)10/h5,7H,3-4H2,1-2H3/t5-,7?/m1/s1. The second kappa shape index (κ2) is 3.03. The summed E-state index contributed by atoms with van der Waals surface area (Å²) in [6.45, 7) is 3.33. The summed E-state index contributed by atoms with van der Waals surface area (Å²) >= 11 is 0. The molecule has 1 aliphatic heterocycles. The highest BCUT2D eigenvalue weighted by Crippen LogP contribution is 2.22. The first-order chi connectivity index (χ1) is 5.09. The SMILES string of the molecule is CC(=O)CC1C[C@@H](C)C(=O)O1. The molecule has 0 spiro atoms. The number of rotatable bonds is 2. The van der Waals surface area contributed by atoms with Crippen LogP contribution < -0.4 is 0 Å². The van der Waals surface area contributed by atoms with Gasteiger partial charge in [-0.1, -0.05) is 6.92 Å². The van der Waals surface area contributed by atoms with Crippen LogP contribution in [-0.2, 0) is 14.3 Å². The molecular formula is C8H12O3. The lowest BCUT2D eigenvalue weighted by atomic mass is 10.0. The number of Topliss-reactive ketones (excluding diaryl/α,β-unsaturated/α-hetero) is 1. The lowest BCUT2D eigenvalue weighted by Gasteiger charge is -2.04. The zero-order chi connectivity index (χ0) is 8.43. The zero-order valence-corrected chi connectivity index (χ0v) is 6.79. The monoisotopic (exact) mass is 156 g/mol. The molecule has 62 valence electrons. The molecule has 0 aliphatic carbocycles. The Morgan fingerprint density at radius 2 is 2.36 bits per heavy atom. The maximum absolute atomic E-state index is 10.8. The Bertz CT molecular complexity index is 184. The fraction of sp³-hybridized carbons (Fsp3) is 0.750. The van der Waals surface area contributed by atoms with Crippen LogP contribution in [0.3, 0.4) is 0 Å². The molecule has 1 rings (SSSR count). The molecule has 3 nitrogen and oxygen atoms in total. The van der Waals surface area contributed by atoms with Gasteiger partial charge in [0.05, 0.1) is 5.92 Å². The number of ether oxygens (including phenoxy) is 1. The van der Waals surface area contributed by atoms with Crippen LogP contribution >= 0.6 is 0 Å². The second-order valence-electron chi connectivity index (χ2n) is 3.10. The zero-order valence-electron chi connectivity index (χ0n) is 6.79. The van der Waals surface area contributed by atoms with Crippen molar-refractivity contribution in [2.24, 2.45) is 5.92 Å². The number of carbonyl (C=O) groups excluding carboxylic acids is 2. The lowest BCUT2D eigenvalue weighted by molar-refractivity contribution is -0.144. The van der Waals surface area contributed by atoms with E-state index in [0.29, 0.717) is 12.8 Å². The highest BCUT2D eigenvalue weighted by molar-refractivity contribution is 5.78. The van der Waals surface area contributed by atoms with E-state index < -0.39 is 0 Å². The molecule has 1 saturated heterocycles. The van der Waals surface area contributed by atoms with Crippen LogP contribution in [0.25, 0.3) is 0 Å². The molecule has 11 heavy (non-hydrogen) atoms. The van der Waals surface area contributed by atoms with Crippen LogP contribution in [0.2, 0.25) is 0 Å². The summed E-state index contributed by atoms with van der Waals surface area (Å²) in [7, 11) is 0. The van der Waals surface area contributed by atoms with E-state index in [1.165, 1.54) is 6.92 Å². The molecule has 1 unspecified atom stereocenters. The lowest BCUT2D eigenvalue weighted by Crippen LogP contribution is -2.10. The third kappa shape index (κ3) is 2.03. The van der Waals surface area contributed by atoms with E-state index in [1.807, 2.05) is 6.92 Å². The van der Waals surface area contributed by atoms with Crippen molar-refractivity contribution in [3.63, 3.8) is 0 Å². The second-order valence-corrected chi connectivity index (χ2v) is 3.10. The van der Waals surface area contributed by atoms with Crippen LogP contribution in [0.4, 0.5) is 0 Å². The average molecular weight is 156 g/mol. The number of carbonyl (C=O) groups is 2. The highest BCUT2D eigenvalue weighted by Gasteiger charge is 2.31. The smallest absolute Gasteiger partial charge is 0.309 e. The van der Waals surface area contributed by atoms with Crippen LogP contribution in [0.1, 0.15) is 26.7 Å². The Hall–Kier alpha value is -0.860. The van der Waals surface area contributed by atoms with Crippen molar-refractivity contribution in [3.05, 3.63) is 0 Å². The Kier molecular flexibility index (Phi) is 2.27. The van der Waals surface area contributed by atoms with Crippen molar-refractivity contribution >= 4 is 11.8 Å². The Morgan fingerprint density at radius 3 is 2.73 bits per heavy atom. The number of cyclic esters (lactones) is 1. The third-order valence-electron chi connectivity index (χ3n) is 1.82. The first-order valence-electron chi connectivity index (χ1n) is 3.79. The van der Waals surface area contributed by atoms with Gasteiger partial charge in [-0.25, -0.2) is 0 Å². The van der Waals surface area contributed by atoms with E-state index in [0.717, 1.165) is 0 Å². The Labute approximate surface area is 65.7 Å². The molecule has 0 bridgehead atoms. The average Bonchev–Trinajstić information content (AvgIpc) is 2.10. The van der Waals surface area contributed by atoms with E-state index in [9.17, 15) is 9.59 Å². The summed E-state index contributed by atoms with van der Waals surface area (Å²) in [5, 5.41) is 0. The van der Waals surface area contributed by atoms with Crippen molar-refractivity contribution in [1.82, 2.24) is 0 Å². The van der Waals surface area contributed by atoms with Gasteiger partial charge < -0.3 is 4.74 Å². The van der Waals surface area contributed by atoms with Crippen molar-refractivity contribution < 1.29 is 14.3 Å². The minimum atomic E-state index is -0.170. The predicted octanol–water partition coefficient (Wildman–Crippen LogP) is 0.917. The van der Waals surface area contributed by atoms with Gasteiger partial charge in [-0.2, -0.15) is 0 Å². The van der Waals surface area contributed by atoms with Gasteiger partial charge in [0.25, 0.3) is 0 Å². The predicted molar refractivity (Wildman–Crippen MR) is 39.0 cm³/mol. The molecule has 0 aromatic carbocycles. The molecule has 0 aromatic heterocycles. The summed E-state index contributed by atoms with van der Waals surface area (Å²) in [4.78, 5) is 21.5. The third-order valence-corrected chi connectivity index (χ3v) is 1.82. The van der Waals surface area contributed by atoms with Crippen molar-refractivity contribution in [2.75, 3.05) is 0 Å². The molecule has 1 aliphatic rings. The van der Waals surface area contributed by atoms with Gasteiger partial charge in [-0.15, -0.1) is 0 Å². The number of ketones is 1. The number of hydrogen-bond donors (Lipinski definition) is 0. The maximum Gasteiger partial charge on any atom is 0.309 e. The topological polar surface area (TPSA) is 43.4 Å². The molecular weight excluding hydrogens is 144 g/mol. The minimum absolute atomic E-state index is 0.0284. The van der Waals surface area contributed by atoms with Crippen molar-refractivity contribution in [1.29, 1.82) is 0 Å². The molecule has 2 atom stereocenters. The first-order valence-corrected chi connectivity index (χ1v) is 3.79. The Balaban J connectivity index is 2.41. The highest BCUT2D eigenvalue weighted by atomic mass is 16.5. The largest absolute Gasteiger partial charge is 0.462 e. The van der Waals surface area contributed by atoms with E-state index in [4.69, 9.17) is 4.74 Å². The van der Waals surface area contributed by atoms with Gasteiger partial charge in [0.15, 0.2) is 0 Å². The van der Waals surface area contributed by atoms with Gasteiger partial charge >= 0.3 is 5.97 Å². The Morgan fingerprint density at radius 1 is 1.73 bits per heavy atom. The van der Waals surface area contributed by atoms with Crippen LogP contribution in [0, 0.1) is 5.92 Å². The van der Waals surface area contributed by atoms with Crippen LogP contribution in [-0.4, -0.2) is 17.9 Å². The van der Waals surface area contributed by atoms with Crippen molar-refractivity contribution in [3.8, 4) is 0 Å². The van der Waals surface area contributed by atoms with Crippen LogP contribution in [0.15, 0.2) is 0 Å². The summed E-state index contributed by atoms with van der Waals surface area (Å²) in [6, 6.07) is 0. The summed E-state index contributed by atoms with van der Waals surface area (Å²) in [5.74, 6) is -0.118. The van der Waals surface area contributed by atoms with E-state index in [-0.39, 0.29) is 23.8 Å². The summed E-state index contributed by atoms with van der Waals surface area (Å²) < 4.78 is 4.92. The molecule has 1 heterocycles. The molecule has 0 aromatic rings. The summed E-state index contributed by atoms with van der Waals surface area (Å²) in [5.41, 5.74) is 0. The molecule has 0 amide bonds. The summed E-state index contributed by atoms with van der Waals surface area (Å²) in [6.07, 6.45) is 0.907. The van der Waals surface area contributed by atoms with Gasteiger partial charge in [0, 0.05) is 6.42 Å². The fourth-order valence-corrected chi connectivity index (χ4v) is 1.26. The van der Waals surface area contributed by atoms with Crippen LogP contribution in [0.5, 0.6) is 0 Å². The van der Waals surface area contributed by atoms with E-state index in [1.54, 1.807) is 0 Å². The molecule has 0 saturated carbocycles. The quantitative estimate of drug-likeness (QED) is 0.558. The van der Waals surface area contributed by atoms with Gasteiger partial charge in [0.1, 0.15) is 11.9 Å². The van der Waals surface area contributed by atoms with Gasteiger partial charge in [-0.3, -0.25) is 9.59 Å². The van der Waals surface area contributed by atoms with Gasteiger partial charge in [0.2, 0.25) is 0 Å². The molecule has 1 fully saturated rings. The first kappa shape index (κ1) is 8.24. The molecule has 0 radical (unpaired) electrons. The van der Waals surface area contributed by atoms with Crippen molar-refractivity contribution in [2.45, 2.75) is 32.8 Å². The van der Waals surface area contributed by atoms with E-state index in [2.05, 4.69) is 0 Å². The van der Waals surface area contributed by atoms with E-state index >= 15 is 0 Å². The number of hydrogen-bond acceptors (Lipinski definition) is 3. The number of esters is 1. The minimum Gasteiger partial charge on any atom is -0.462 e. The fourth-order valence-electron chi connectivity index (χ4n) is 1.26. The maximum atomic E-state index is 10.8. The molecule has 3 heteroatoms. The van der Waals surface area contributed by atoms with Gasteiger partial charge in [-0.05, 0) is 13.3 Å². The normalized spacial score (nSPS) is 30.2.